The highest BCUT2D eigenvalue weighted by atomic mass is 32.2. The van der Waals surface area contributed by atoms with Crippen molar-refractivity contribution in [2.45, 2.75) is 11.3 Å². The van der Waals surface area contributed by atoms with Crippen LogP contribution in [0.5, 0.6) is 11.5 Å². The second-order valence-corrected chi connectivity index (χ2v) is 10.6. The fraction of sp³-hybridized carbons (Fsp3) is 0.333. The van der Waals surface area contributed by atoms with E-state index in [0.717, 1.165) is 5.69 Å². The molecule has 0 radical (unpaired) electrons. The van der Waals surface area contributed by atoms with Crippen molar-refractivity contribution in [2.75, 3.05) is 42.5 Å². The van der Waals surface area contributed by atoms with Crippen LogP contribution in [0.4, 0.5) is 11.4 Å². The van der Waals surface area contributed by atoms with E-state index in [0.29, 0.717) is 22.4 Å². The summed E-state index contributed by atoms with van der Waals surface area (Å²) in [4.78, 5) is 19.4. The Morgan fingerprint density at radius 1 is 1.16 bits per heavy atom. The normalized spacial score (nSPS) is 21.2. The molecular formula is C21H23N3O5S2. The van der Waals surface area contributed by atoms with E-state index in [1.165, 1.54) is 11.8 Å². The summed E-state index contributed by atoms with van der Waals surface area (Å²) in [5.41, 5.74) is 1.31. The van der Waals surface area contributed by atoms with Crippen molar-refractivity contribution < 1.29 is 22.7 Å². The second-order valence-electron chi connectivity index (χ2n) is 7.25. The number of anilines is 2. The number of amides is 1. The number of nitrogens with zero attached hydrogens (tertiary/aromatic N) is 2. The predicted molar refractivity (Wildman–Crippen MR) is 123 cm³/mol. The van der Waals surface area contributed by atoms with Crippen molar-refractivity contribution in [3.63, 3.8) is 0 Å². The van der Waals surface area contributed by atoms with Gasteiger partial charge in [-0.2, -0.15) is 0 Å². The first-order chi connectivity index (χ1) is 14.9. The topological polar surface area (TPSA) is 97.3 Å². The zero-order chi connectivity index (χ0) is 22.0. The minimum absolute atomic E-state index is 0.00321. The van der Waals surface area contributed by atoms with Gasteiger partial charge in [0.1, 0.15) is 18.0 Å². The van der Waals surface area contributed by atoms with E-state index in [2.05, 4.69) is 10.3 Å². The molecular weight excluding hydrogens is 438 g/mol. The Morgan fingerprint density at radius 3 is 2.71 bits per heavy atom. The van der Waals surface area contributed by atoms with E-state index in [-0.39, 0.29) is 35.2 Å². The highest BCUT2D eigenvalue weighted by Gasteiger charge is 2.44. The quantitative estimate of drug-likeness (QED) is 0.706. The van der Waals surface area contributed by atoms with Gasteiger partial charge in [0.15, 0.2) is 15.0 Å². The standard InChI is InChI=1S/C21H23N3O5S2/c1-28-15-7-5-6-14(10-15)24(21-23-17-12-31(26,27)13-19(17)30-21)11-20(25)22-16-8-3-4-9-18(16)29-2/h3-10,17,19H,11-13H2,1-2H3,(H,22,25). The summed E-state index contributed by atoms with van der Waals surface area (Å²) < 4.78 is 34.5. The third kappa shape index (κ3) is 4.80. The summed E-state index contributed by atoms with van der Waals surface area (Å²) >= 11 is 1.41. The number of rotatable bonds is 6. The Labute approximate surface area is 185 Å². The van der Waals surface area contributed by atoms with Gasteiger partial charge in [0, 0.05) is 17.0 Å². The molecule has 2 aliphatic heterocycles. The smallest absolute Gasteiger partial charge is 0.244 e. The number of hydrogen-bond donors (Lipinski definition) is 1. The van der Waals surface area contributed by atoms with Crippen LogP contribution in [0, 0.1) is 0 Å². The maximum absolute atomic E-state index is 12.9. The van der Waals surface area contributed by atoms with Gasteiger partial charge in [-0.3, -0.25) is 9.79 Å². The van der Waals surface area contributed by atoms with E-state index < -0.39 is 9.84 Å². The SMILES string of the molecule is COc1cccc(N(CC(=O)Nc2ccccc2OC)C2=NC3CS(=O)(=O)CC3S2)c1. The van der Waals surface area contributed by atoms with Crippen LogP contribution in [-0.4, -0.2) is 63.1 Å². The lowest BCUT2D eigenvalue weighted by atomic mass is 10.2. The zero-order valence-electron chi connectivity index (χ0n) is 17.1. The molecule has 0 aromatic heterocycles. The molecule has 2 aromatic rings. The average Bonchev–Trinajstić information content (AvgIpc) is 3.25. The number of methoxy groups -OCH3 is 2. The largest absolute Gasteiger partial charge is 0.497 e. The number of sulfone groups is 1. The Morgan fingerprint density at radius 2 is 1.97 bits per heavy atom. The number of benzene rings is 2. The fourth-order valence-electron chi connectivity index (χ4n) is 3.60. The lowest BCUT2D eigenvalue weighted by molar-refractivity contribution is -0.114. The number of carbonyl (C=O) groups excluding carboxylic acids is 1. The fourth-order valence-corrected chi connectivity index (χ4v) is 7.38. The molecule has 8 nitrogen and oxygen atoms in total. The van der Waals surface area contributed by atoms with Gasteiger partial charge < -0.3 is 19.7 Å². The second kappa shape index (κ2) is 8.80. The van der Waals surface area contributed by atoms with Crippen LogP contribution < -0.4 is 19.7 Å². The van der Waals surface area contributed by atoms with E-state index in [9.17, 15) is 13.2 Å². The number of thioether (sulfide) groups is 1. The van der Waals surface area contributed by atoms with Crippen molar-refractivity contribution >= 4 is 44.0 Å². The molecule has 164 valence electrons. The summed E-state index contributed by atoms with van der Waals surface area (Å²) in [6.45, 7) is 0.00321. The van der Waals surface area contributed by atoms with Crippen LogP contribution in [0.25, 0.3) is 0 Å². The van der Waals surface area contributed by atoms with Gasteiger partial charge in [0.05, 0.1) is 37.5 Å². The number of amidine groups is 1. The van der Waals surface area contributed by atoms with Crippen molar-refractivity contribution in [3.05, 3.63) is 48.5 Å². The molecule has 0 bridgehead atoms. The lowest BCUT2D eigenvalue weighted by Gasteiger charge is -2.24. The number of fused-ring (bicyclic) bond motifs is 1. The van der Waals surface area contributed by atoms with Gasteiger partial charge >= 0.3 is 0 Å². The van der Waals surface area contributed by atoms with Crippen LogP contribution in [0.3, 0.4) is 0 Å². The minimum Gasteiger partial charge on any atom is -0.497 e. The molecule has 1 amide bonds. The zero-order valence-corrected chi connectivity index (χ0v) is 18.8. The molecule has 1 saturated heterocycles. The van der Waals surface area contributed by atoms with Crippen molar-refractivity contribution in [3.8, 4) is 11.5 Å². The van der Waals surface area contributed by atoms with Gasteiger partial charge in [-0.15, -0.1) is 0 Å². The van der Waals surface area contributed by atoms with Gasteiger partial charge in [0.2, 0.25) is 5.91 Å². The molecule has 10 heteroatoms. The molecule has 0 spiro atoms. The molecule has 1 fully saturated rings. The molecule has 2 unspecified atom stereocenters. The summed E-state index contributed by atoms with van der Waals surface area (Å²) in [5, 5.41) is 3.39. The highest BCUT2D eigenvalue weighted by Crippen LogP contribution is 2.37. The van der Waals surface area contributed by atoms with Crippen LogP contribution in [0.2, 0.25) is 0 Å². The summed E-state index contributed by atoms with van der Waals surface area (Å²) in [5.74, 6) is 1.12. The van der Waals surface area contributed by atoms with E-state index in [1.807, 2.05) is 36.4 Å². The van der Waals surface area contributed by atoms with E-state index in [4.69, 9.17) is 9.47 Å². The van der Waals surface area contributed by atoms with E-state index >= 15 is 0 Å². The Kier molecular flexibility index (Phi) is 6.10. The Bertz CT molecular complexity index is 1120. The van der Waals surface area contributed by atoms with Crippen LogP contribution in [0.15, 0.2) is 53.5 Å². The number of ether oxygens (including phenoxy) is 2. The van der Waals surface area contributed by atoms with Crippen LogP contribution in [-0.2, 0) is 14.6 Å². The number of carbonyl (C=O) groups is 1. The van der Waals surface area contributed by atoms with Gasteiger partial charge in [0.25, 0.3) is 0 Å². The molecule has 31 heavy (non-hydrogen) atoms. The third-order valence-corrected chi connectivity index (χ3v) is 8.33. The molecule has 0 saturated carbocycles. The van der Waals surface area contributed by atoms with Crippen molar-refractivity contribution in [1.29, 1.82) is 0 Å². The number of aliphatic imine (C=N–C) groups is 1. The van der Waals surface area contributed by atoms with Gasteiger partial charge in [-0.05, 0) is 24.3 Å². The monoisotopic (exact) mass is 461 g/mol. The number of nitrogens with one attached hydrogen (secondary N) is 1. The molecule has 1 N–H and O–H groups in total. The van der Waals surface area contributed by atoms with Crippen molar-refractivity contribution in [1.82, 2.24) is 0 Å². The number of hydrogen-bond acceptors (Lipinski definition) is 8. The van der Waals surface area contributed by atoms with E-state index in [1.54, 1.807) is 31.3 Å². The summed E-state index contributed by atoms with van der Waals surface area (Å²) in [6, 6.07) is 14.3. The highest BCUT2D eigenvalue weighted by molar-refractivity contribution is 8.15. The lowest BCUT2D eigenvalue weighted by Crippen LogP contribution is -2.36. The minimum atomic E-state index is -3.06. The first kappa shape index (κ1) is 21.5. The first-order valence-corrected chi connectivity index (χ1v) is 12.4. The Balaban J connectivity index is 1.59. The van der Waals surface area contributed by atoms with Gasteiger partial charge in [-0.1, -0.05) is 30.0 Å². The molecule has 2 atom stereocenters. The van der Waals surface area contributed by atoms with Crippen LogP contribution >= 0.6 is 11.8 Å². The predicted octanol–water partition coefficient (Wildman–Crippen LogP) is 2.42. The summed E-state index contributed by atoms with van der Waals surface area (Å²) in [6.07, 6.45) is 0. The molecule has 2 aliphatic rings. The third-order valence-electron chi connectivity index (χ3n) is 5.08. The molecule has 2 heterocycles. The molecule has 2 aromatic carbocycles. The molecule has 0 aliphatic carbocycles. The Hall–Kier alpha value is -2.72. The maximum Gasteiger partial charge on any atom is 0.244 e. The number of para-hydroxylation sites is 2. The maximum atomic E-state index is 12.9. The van der Waals surface area contributed by atoms with Gasteiger partial charge in [-0.25, -0.2) is 8.42 Å². The average molecular weight is 462 g/mol. The molecule has 4 rings (SSSR count). The first-order valence-electron chi connectivity index (χ1n) is 9.68. The van der Waals surface area contributed by atoms with Crippen molar-refractivity contribution in [2.24, 2.45) is 4.99 Å². The summed E-state index contributed by atoms with van der Waals surface area (Å²) in [7, 11) is 0.0632. The van der Waals surface area contributed by atoms with Crippen LogP contribution in [0.1, 0.15) is 0 Å².